The molecule has 3 N–H and O–H groups in total. The van der Waals surface area contributed by atoms with E-state index in [1.165, 1.54) is 5.56 Å². The zero-order valence-corrected chi connectivity index (χ0v) is 13.9. The molecule has 2 aromatic rings. The third-order valence-electron chi connectivity index (χ3n) is 3.57. The summed E-state index contributed by atoms with van der Waals surface area (Å²) in [5.41, 5.74) is 9.36. The number of hydrogen-bond acceptors (Lipinski definition) is 2. The number of ether oxygens (including phenoxy) is 1. The fourth-order valence-corrected chi connectivity index (χ4v) is 2.31. The van der Waals surface area contributed by atoms with Gasteiger partial charge in [-0.2, -0.15) is 0 Å². The molecule has 0 radical (unpaired) electrons. The molecule has 2 rings (SSSR count). The first-order valence-electron chi connectivity index (χ1n) is 8.09. The van der Waals surface area contributed by atoms with E-state index in [1.807, 2.05) is 37.3 Å². The van der Waals surface area contributed by atoms with Crippen molar-refractivity contribution in [1.82, 2.24) is 0 Å². The summed E-state index contributed by atoms with van der Waals surface area (Å²) < 4.78 is 5.62. The van der Waals surface area contributed by atoms with E-state index in [2.05, 4.69) is 35.4 Å². The van der Waals surface area contributed by atoms with Crippen LogP contribution in [0.3, 0.4) is 0 Å². The van der Waals surface area contributed by atoms with E-state index in [-0.39, 0.29) is 0 Å². The van der Waals surface area contributed by atoms with Gasteiger partial charge < -0.3 is 15.8 Å². The van der Waals surface area contributed by atoms with E-state index >= 15 is 0 Å². The van der Waals surface area contributed by atoms with Crippen LogP contribution < -0.4 is 15.8 Å². The van der Waals surface area contributed by atoms with Gasteiger partial charge in [-0.05, 0) is 49.1 Å². The molecule has 0 bridgehead atoms. The highest BCUT2D eigenvalue weighted by atomic mass is 16.5. The van der Waals surface area contributed by atoms with Gasteiger partial charge in [-0.15, -0.1) is 0 Å². The maximum absolute atomic E-state index is 5.94. The zero-order valence-electron chi connectivity index (χ0n) is 13.9. The van der Waals surface area contributed by atoms with Gasteiger partial charge in [0.15, 0.2) is 5.96 Å². The molecule has 0 heterocycles. The molecule has 0 aliphatic heterocycles. The first-order chi connectivity index (χ1) is 11.2. The highest BCUT2D eigenvalue weighted by molar-refractivity contribution is 5.92. The molecular formula is C19H25N3O. The molecule has 4 nitrogen and oxygen atoms in total. The topological polar surface area (TPSA) is 59.6 Å². The lowest BCUT2D eigenvalue weighted by Crippen LogP contribution is -2.23. The predicted octanol–water partition coefficient (Wildman–Crippen LogP) is 3.62. The molecule has 0 fully saturated rings. The molecule has 122 valence electrons. The Kier molecular flexibility index (Phi) is 6.48. The van der Waals surface area contributed by atoms with Crippen molar-refractivity contribution in [2.45, 2.75) is 26.7 Å². The van der Waals surface area contributed by atoms with Gasteiger partial charge in [0.25, 0.3) is 0 Å². The Morgan fingerprint density at radius 3 is 2.52 bits per heavy atom. The molecule has 23 heavy (non-hydrogen) atoms. The summed E-state index contributed by atoms with van der Waals surface area (Å²) >= 11 is 0. The maximum Gasteiger partial charge on any atom is 0.193 e. The molecule has 0 saturated carbocycles. The average Bonchev–Trinajstić information content (AvgIpc) is 2.57. The van der Waals surface area contributed by atoms with Crippen molar-refractivity contribution in [3.63, 3.8) is 0 Å². The third-order valence-corrected chi connectivity index (χ3v) is 3.57. The third kappa shape index (κ3) is 5.33. The Morgan fingerprint density at radius 1 is 1.09 bits per heavy atom. The minimum atomic E-state index is 0.433. The lowest BCUT2D eigenvalue weighted by molar-refractivity contribution is 0.336. The Morgan fingerprint density at radius 2 is 1.83 bits per heavy atom. The highest BCUT2D eigenvalue weighted by Crippen LogP contribution is 2.18. The second-order valence-corrected chi connectivity index (χ2v) is 5.23. The van der Waals surface area contributed by atoms with Crippen molar-refractivity contribution in [2.75, 3.05) is 18.5 Å². The van der Waals surface area contributed by atoms with Crippen molar-refractivity contribution >= 4 is 11.6 Å². The number of aryl methyl sites for hydroxylation is 1. The van der Waals surface area contributed by atoms with Crippen LogP contribution in [-0.2, 0) is 12.8 Å². The summed E-state index contributed by atoms with van der Waals surface area (Å²) in [7, 11) is 0. The van der Waals surface area contributed by atoms with Crippen LogP contribution >= 0.6 is 0 Å². The molecule has 0 atom stereocenters. The number of nitrogens with two attached hydrogens (primary N) is 1. The van der Waals surface area contributed by atoms with Gasteiger partial charge >= 0.3 is 0 Å². The van der Waals surface area contributed by atoms with Gasteiger partial charge in [-0.25, -0.2) is 0 Å². The van der Waals surface area contributed by atoms with Gasteiger partial charge in [0, 0.05) is 12.2 Å². The second kappa shape index (κ2) is 8.83. The van der Waals surface area contributed by atoms with E-state index in [9.17, 15) is 0 Å². The Balaban J connectivity index is 1.89. The second-order valence-electron chi connectivity index (χ2n) is 5.23. The number of guanidine groups is 1. The van der Waals surface area contributed by atoms with E-state index < -0.39 is 0 Å². The molecule has 0 unspecified atom stereocenters. The Labute approximate surface area is 138 Å². The van der Waals surface area contributed by atoms with Crippen LogP contribution in [0.1, 0.15) is 25.0 Å². The van der Waals surface area contributed by atoms with Gasteiger partial charge in [0.05, 0.1) is 6.61 Å². The molecule has 4 heteroatoms. The lowest BCUT2D eigenvalue weighted by Gasteiger charge is -2.09. The van der Waals surface area contributed by atoms with Crippen LogP contribution in [0.2, 0.25) is 0 Å². The van der Waals surface area contributed by atoms with Crippen molar-refractivity contribution in [3.8, 4) is 5.75 Å². The van der Waals surface area contributed by atoms with Crippen molar-refractivity contribution in [1.29, 1.82) is 0 Å². The monoisotopic (exact) mass is 311 g/mol. The molecule has 0 aliphatic carbocycles. The maximum atomic E-state index is 5.94. The first-order valence-corrected chi connectivity index (χ1v) is 8.09. The zero-order chi connectivity index (χ0) is 16.5. The fourth-order valence-electron chi connectivity index (χ4n) is 2.31. The van der Waals surface area contributed by atoms with E-state index in [4.69, 9.17) is 10.5 Å². The molecule has 0 amide bonds. The van der Waals surface area contributed by atoms with Crippen LogP contribution in [0.15, 0.2) is 53.5 Å². The number of hydrogen-bond donors (Lipinski definition) is 2. The normalized spacial score (nSPS) is 11.3. The van der Waals surface area contributed by atoms with Crippen molar-refractivity contribution in [2.24, 2.45) is 10.7 Å². The van der Waals surface area contributed by atoms with Gasteiger partial charge in [-0.1, -0.05) is 37.3 Å². The number of nitrogens with one attached hydrogen (secondary N) is 1. The molecule has 0 aromatic heterocycles. The van der Waals surface area contributed by atoms with Crippen LogP contribution in [0.4, 0.5) is 5.69 Å². The number of anilines is 1. The summed E-state index contributed by atoms with van der Waals surface area (Å²) in [4.78, 5) is 4.39. The van der Waals surface area contributed by atoms with Crippen LogP contribution in [0.5, 0.6) is 5.75 Å². The average molecular weight is 311 g/mol. The highest BCUT2D eigenvalue weighted by Gasteiger charge is 2.02. The molecule has 0 spiro atoms. The molecule has 0 aliphatic rings. The van der Waals surface area contributed by atoms with Gasteiger partial charge in [0.1, 0.15) is 5.75 Å². The predicted molar refractivity (Wildman–Crippen MR) is 97.2 cm³/mol. The quantitative estimate of drug-likeness (QED) is 0.606. The Bertz CT molecular complexity index is 635. The number of nitrogens with zero attached hydrogens (tertiary/aromatic N) is 1. The van der Waals surface area contributed by atoms with Gasteiger partial charge in [0.2, 0.25) is 0 Å². The number of rotatable bonds is 7. The van der Waals surface area contributed by atoms with Crippen LogP contribution in [-0.4, -0.2) is 19.1 Å². The summed E-state index contributed by atoms with van der Waals surface area (Å²) in [6.07, 6.45) is 1.83. The minimum absolute atomic E-state index is 0.433. The summed E-state index contributed by atoms with van der Waals surface area (Å²) in [6.45, 7) is 5.41. The largest absolute Gasteiger partial charge is 0.494 e. The van der Waals surface area contributed by atoms with Crippen LogP contribution in [0, 0.1) is 0 Å². The number of benzene rings is 2. The summed E-state index contributed by atoms with van der Waals surface area (Å²) in [5, 5.41) is 3.12. The van der Waals surface area contributed by atoms with Gasteiger partial charge in [-0.3, -0.25) is 4.99 Å². The number of para-hydroxylation sites is 1. The smallest absolute Gasteiger partial charge is 0.193 e. The lowest BCUT2D eigenvalue weighted by atomic mass is 10.1. The molecule has 2 aromatic carbocycles. The van der Waals surface area contributed by atoms with Crippen molar-refractivity contribution in [3.05, 3.63) is 59.7 Å². The van der Waals surface area contributed by atoms with E-state index in [0.29, 0.717) is 19.1 Å². The first kappa shape index (κ1) is 16.9. The minimum Gasteiger partial charge on any atom is -0.494 e. The summed E-state index contributed by atoms with van der Waals surface area (Å²) in [6, 6.07) is 16.3. The molecule has 0 saturated heterocycles. The Hall–Kier alpha value is -2.49. The van der Waals surface area contributed by atoms with E-state index in [0.717, 1.165) is 29.8 Å². The fraction of sp³-hybridized carbons (Fsp3) is 0.316. The summed E-state index contributed by atoms with van der Waals surface area (Å²) in [5.74, 6) is 1.36. The van der Waals surface area contributed by atoms with Crippen LogP contribution in [0.25, 0.3) is 0 Å². The SMILES string of the molecule is CCOc1ccccc1CCN=C(N)Nc1ccc(CC)cc1. The number of aliphatic imine (C=N–C) groups is 1. The molecular weight excluding hydrogens is 286 g/mol. The standard InChI is InChI=1S/C19H25N3O/c1-3-15-9-11-17(12-10-15)22-19(20)21-14-13-16-7-5-6-8-18(16)23-4-2/h5-12H,3-4,13-14H2,1-2H3,(H3,20,21,22). The van der Waals surface area contributed by atoms with Crippen molar-refractivity contribution < 1.29 is 4.74 Å². The van der Waals surface area contributed by atoms with E-state index in [1.54, 1.807) is 0 Å².